The van der Waals surface area contributed by atoms with E-state index in [4.69, 9.17) is 4.18 Å². The second kappa shape index (κ2) is 6.67. The van der Waals surface area contributed by atoms with Crippen molar-refractivity contribution in [3.8, 4) is 0 Å². The molecule has 20 heavy (non-hydrogen) atoms. The molecule has 0 N–H and O–H groups in total. The molecule has 1 heterocycles. The lowest BCUT2D eigenvalue weighted by Crippen LogP contribution is -2.41. The Kier molecular flexibility index (Phi) is 5.15. The van der Waals surface area contributed by atoms with Crippen LogP contribution in [0.25, 0.3) is 0 Å². The molecule has 0 bridgehead atoms. The predicted octanol–water partition coefficient (Wildman–Crippen LogP) is 1.72. The van der Waals surface area contributed by atoms with Crippen LogP contribution in [0.1, 0.15) is 19.8 Å². The van der Waals surface area contributed by atoms with E-state index < -0.39 is 16.5 Å². The van der Waals surface area contributed by atoms with Crippen LogP contribution in [0.2, 0.25) is 0 Å². The fraction of sp³-hybridized carbons (Fsp3) is 0.571. The molecule has 1 aliphatic heterocycles. The normalized spacial score (nSPS) is 21.4. The summed E-state index contributed by atoms with van der Waals surface area (Å²) >= 11 is 0. The summed E-state index contributed by atoms with van der Waals surface area (Å²) in [7, 11) is -1.83. The second-order valence-electron chi connectivity index (χ2n) is 5.06. The highest BCUT2D eigenvalue weighted by atomic mass is 32.2. The molecular weight excluding hydrogens is 276 g/mol. The smallest absolute Gasteiger partial charge is 0.266 e. The second-order valence-corrected chi connectivity index (χ2v) is 6.63. The molecule has 1 unspecified atom stereocenters. The number of rotatable bonds is 6. The molecule has 0 aliphatic carbocycles. The van der Waals surface area contributed by atoms with E-state index in [9.17, 15) is 8.42 Å². The maximum atomic E-state index is 12.3. The molecule has 1 aromatic carbocycles. The third kappa shape index (κ3) is 3.58. The van der Waals surface area contributed by atoms with Gasteiger partial charge in [-0.3, -0.25) is 9.80 Å². The van der Waals surface area contributed by atoms with Gasteiger partial charge in [-0.15, -0.1) is 0 Å². The molecule has 1 saturated heterocycles. The fourth-order valence-corrected chi connectivity index (χ4v) is 3.36. The van der Waals surface area contributed by atoms with Gasteiger partial charge >= 0.3 is 0 Å². The van der Waals surface area contributed by atoms with Gasteiger partial charge in [-0.2, -0.15) is 8.42 Å². The zero-order valence-corrected chi connectivity index (χ0v) is 12.8. The largest absolute Gasteiger partial charge is 0.299 e. The summed E-state index contributed by atoms with van der Waals surface area (Å²) in [6, 6.07) is 8.29. The van der Waals surface area contributed by atoms with Gasteiger partial charge < -0.3 is 0 Å². The van der Waals surface area contributed by atoms with Gasteiger partial charge in [0.1, 0.15) is 0 Å². The van der Waals surface area contributed by atoms with Crippen molar-refractivity contribution in [2.24, 2.45) is 0 Å². The lowest BCUT2D eigenvalue weighted by molar-refractivity contribution is -0.0191. The minimum Gasteiger partial charge on any atom is -0.266 e. The van der Waals surface area contributed by atoms with Crippen LogP contribution < -0.4 is 0 Å². The Bertz CT molecular complexity index is 518. The molecule has 0 amide bonds. The standard InChI is InChI=1S/C14H22N2O3S/c1-3-4-10-16-12-11-15(2)14(16)19-20(17,18)13-8-6-5-7-9-13/h5-9,14H,3-4,10-12H2,1-2H3. The van der Waals surface area contributed by atoms with Crippen molar-refractivity contribution in [1.82, 2.24) is 9.80 Å². The summed E-state index contributed by atoms with van der Waals surface area (Å²) in [6.45, 7) is 4.64. The van der Waals surface area contributed by atoms with Crippen LogP contribution in [0.15, 0.2) is 35.2 Å². The van der Waals surface area contributed by atoms with E-state index >= 15 is 0 Å². The lowest BCUT2D eigenvalue weighted by atomic mass is 10.3. The summed E-state index contributed by atoms with van der Waals surface area (Å²) in [4.78, 5) is 4.20. The molecule has 0 spiro atoms. The van der Waals surface area contributed by atoms with Crippen molar-refractivity contribution in [2.75, 3.05) is 26.7 Å². The van der Waals surface area contributed by atoms with Gasteiger partial charge in [-0.25, -0.2) is 4.18 Å². The Hall–Kier alpha value is -0.950. The number of benzene rings is 1. The number of hydrogen-bond acceptors (Lipinski definition) is 5. The van der Waals surface area contributed by atoms with Crippen molar-refractivity contribution < 1.29 is 12.6 Å². The molecule has 1 aliphatic rings. The average Bonchev–Trinajstić information content (AvgIpc) is 2.78. The highest BCUT2D eigenvalue weighted by Gasteiger charge is 2.34. The Morgan fingerprint density at radius 1 is 1.25 bits per heavy atom. The average molecular weight is 298 g/mol. The van der Waals surface area contributed by atoms with Crippen LogP contribution in [0.5, 0.6) is 0 Å². The molecule has 112 valence electrons. The molecule has 1 atom stereocenters. The van der Waals surface area contributed by atoms with E-state index in [1.807, 2.05) is 11.9 Å². The molecule has 2 rings (SSSR count). The molecule has 0 saturated carbocycles. The lowest BCUT2D eigenvalue weighted by Gasteiger charge is -2.27. The molecule has 6 heteroatoms. The van der Waals surface area contributed by atoms with E-state index in [1.165, 1.54) is 0 Å². The van der Waals surface area contributed by atoms with Crippen LogP contribution in [0, 0.1) is 0 Å². The fourth-order valence-electron chi connectivity index (χ4n) is 2.26. The van der Waals surface area contributed by atoms with Gasteiger partial charge in [0.15, 0.2) is 6.35 Å². The third-order valence-electron chi connectivity index (χ3n) is 3.47. The predicted molar refractivity (Wildman–Crippen MR) is 77.6 cm³/mol. The van der Waals surface area contributed by atoms with Crippen molar-refractivity contribution in [2.45, 2.75) is 31.0 Å². The number of unbranched alkanes of at least 4 members (excludes halogenated alkanes) is 1. The maximum Gasteiger partial charge on any atom is 0.299 e. The SMILES string of the molecule is CCCCN1CCN(C)C1OS(=O)(=O)c1ccccc1. The minimum absolute atomic E-state index is 0.204. The zero-order valence-electron chi connectivity index (χ0n) is 12.0. The van der Waals surface area contributed by atoms with E-state index in [2.05, 4.69) is 11.8 Å². The van der Waals surface area contributed by atoms with Gasteiger partial charge in [0, 0.05) is 19.6 Å². The van der Waals surface area contributed by atoms with Gasteiger partial charge in [-0.1, -0.05) is 31.5 Å². The van der Waals surface area contributed by atoms with Crippen molar-refractivity contribution in [1.29, 1.82) is 0 Å². The molecular formula is C14H22N2O3S. The van der Waals surface area contributed by atoms with Crippen LogP contribution in [-0.2, 0) is 14.3 Å². The van der Waals surface area contributed by atoms with Gasteiger partial charge in [-0.05, 0) is 25.6 Å². The minimum atomic E-state index is -3.72. The highest BCUT2D eigenvalue weighted by molar-refractivity contribution is 7.86. The van der Waals surface area contributed by atoms with Crippen molar-refractivity contribution in [3.05, 3.63) is 30.3 Å². The summed E-state index contributed by atoms with van der Waals surface area (Å²) < 4.78 is 30.0. The van der Waals surface area contributed by atoms with Crippen LogP contribution in [0.4, 0.5) is 0 Å². The highest BCUT2D eigenvalue weighted by Crippen LogP contribution is 2.21. The number of likely N-dealkylation sites (N-methyl/N-ethyl adjacent to an activating group) is 1. The Morgan fingerprint density at radius 3 is 2.60 bits per heavy atom. The van der Waals surface area contributed by atoms with Crippen LogP contribution >= 0.6 is 0 Å². The van der Waals surface area contributed by atoms with Crippen molar-refractivity contribution in [3.63, 3.8) is 0 Å². The third-order valence-corrected chi connectivity index (χ3v) is 4.75. The summed E-state index contributed by atoms with van der Waals surface area (Å²) in [6.07, 6.45) is 1.63. The molecule has 5 nitrogen and oxygen atoms in total. The molecule has 0 aromatic heterocycles. The van der Waals surface area contributed by atoms with E-state index in [-0.39, 0.29) is 4.90 Å². The molecule has 0 radical (unpaired) electrons. The van der Waals surface area contributed by atoms with Gasteiger partial charge in [0.2, 0.25) is 0 Å². The first-order valence-corrected chi connectivity index (χ1v) is 8.38. The molecule has 1 fully saturated rings. The number of hydrogen-bond donors (Lipinski definition) is 0. The molecule has 1 aromatic rings. The van der Waals surface area contributed by atoms with Gasteiger partial charge in [0.05, 0.1) is 4.90 Å². The monoisotopic (exact) mass is 298 g/mol. The van der Waals surface area contributed by atoms with E-state index in [1.54, 1.807) is 30.3 Å². The summed E-state index contributed by atoms with van der Waals surface area (Å²) in [5.74, 6) is 0. The first kappa shape index (κ1) is 15.4. The Labute approximate surface area is 121 Å². The maximum absolute atomic E-state index is 12.3. The van der Waals surface area contributed by atoms with E-state index in [0.29, 0.717) is 0 Å². The first-order chi connectivity index (χ1) is 9.54. The Morgan fingerprint density at radius 2 is 1.95 bits per heavy atom. The first-order valence-electron chi connectivity index (χ1n) is 6.97. The van der Waals surface area contributed by atoms with Crippen LogP contribution in [-0.4, -0.2) is 51.3 Å². The van der Waals surface area contributed by atoms with Crippen LogP contribution in [0.3, 0.4) is 0 Å². The van der Waals surface area contributed by atoms with Gasteiger partial charge in [0.25, 0.3) is 10.1 Å². The summed E-state index contributed by atoms with van der Waals surface area (Å²) in [5.41, 5.74) is 0. The topological polar surface area (TPSA) is 49.9 Å². The number of nitrogens with zero attached hydrogens (tertiary/aromatic N) is 2. The summed E-state index contributed by atoms with van der Waals surface area (Å²) in [5, 5.41) is 0. The zero-order chi connectivity index (χ0) is 14.6. The Balaban J connectivity index is 2.10. The van der Waals surface area contributed by atoms with E-state index in [0.717, 1.165) is 32.5 Å². The quantitative estimate of drug-likeness (QED) is 0.749. The van der Waals surface area contributed by atoms with Crippen molar-refractivity contribution >= 4 is 10.1 Å².